The fraction of sp³-hybridized carbons (Fsp3) is 0.435. The molecule has 1 unspecified atom stereocenters. The molecule has 1 aliphatic rings. The Morgan fingerprint density at radius 2 is 1.68 bits per heavy atom. The van der Waals surface area contributed by atoms with E-state index in [9.17, 15) is 13.6 Å². The molecular formula is C23H28BrF2NO. The van der Waals surface area contributed by atoms with E-state index in [2.05, 4.69) is 0 Å². The number of nitrogens with zero attached hydrogens (tertiary/aromatic N) is 1. The molecule has 0 amide bonds. The van der Waals surface area contributed by atoms with Crippen molar-refractivity contribution >= 4 is 5.78 Å². The maximum absolute atomic E-state index is 14.3. The monoisotopic (exact) mass is 451 g/mol. The van der Waals surface area contributed by atoms with Gasteiger partial charge < -0.3 is 21.5 Å². The van der Waals surface area contributed by atoms with Gasteiger partial charge in [0.15, 0.2) is 5.78 Å². The Kier molecular flexibility index (Phi) is 7.52. The number of benzene rings is 2. The van der Waals surface area contributed by atoms with Gasteiger partial charge in [0.25, 0.3) is 5.92 Å². The highest BCUT2D eigenvalue weighted by Crippen LogP contribution is 2.33. The third-order valence-corrected chi connectivity index (χ3v) is 5.63. The Balaban J connectivity index is 0.00000280. The largest absolute Gasteiger partial charge is 1.00 e. The van der Waals surface area contributed by atoms with Crippen molar-refractivity contribution in [2.24, 2.45) is 0 Å². The normalized spacial score (nSPS) is 21.0. The first-order chi connectivity index (χ1) is 12.8. The number of alkyl halides is 2. The van der Waals surface area contributed by atoms with Crippen LogP contribution in [0.5, 0.6) is 0 Å². The number of carbonyl (C=O) groups excluding carboxylic acids is 1. The molecule has 2 nitrogen and oxygen atoms in total. The zero-order valence-electron chi connectivity index (χ0n) is 16.6. The molecule has 5 heteroatoms. The highest BCUT2D eigenvalue weighted by molar-refractivity contribution is 5.82. The first-order valence-electron chi connectivity index (χ1n) is 9.62. The highest BCUT2D eigenvalue weighted by Gasteiger charge is 2.46. The second-order valence-corrected chi connectivity index (χ2v) is 8.07. The van der Waals surface area contributed by atoms with E-state index in [-0.39, 0.29) is 46.8 Å². The predicted octanol–water partition coefficient (Wildman–Crippen LogP) is 1.87. The van der Waals surface area contributed by atoms with Crippen LogP contribution in [0.15, 0.2) is 48.5 Å². The molecule has 2 aromatic rings. The molecule has 0 aliphatic carbocycles. The predicted molar refractivity (Wildman–Crippen MR) is 104 cm³/mol. The van der Waals surface area contributed by atoms with Gasteiger partial charge in [0.05, 0.1) is 6.54 Å². The van der Waals surface area contributed by atoms with Crippen LogP contribution in [0.25, 0.3) is 0 Å². The Morgan fingerprint density at radius 1 is 1.04 bits per heavy atom. The van der Waals surface area contributed by atoms with Crippen LogP contribution < -0.4 is 17.0 Å². The minimum absolute atomic E-state index is 0. The summed E-state index contributed by atoms with van der Waals surface area (Å²) in [5.41, 5.74) is 4.21. The highest BCUT2D eigenvalue weighted by atomic mass is 79.9. The van der Waals surface area contributed by atoms with Gasteiger partial charge in [0, 0.05) is 24.8 Å². The molecule has 1 aliphatic heterocycles. The summed E-state index contributed by atoms with van der Waals surface area (Å²) < 4.78 is 28.7. The Morgan fingerprint density at radius 3 is 2.29 bits per heavy atom. The smallest absolute Gasteiger partial charge is 0.295 e. The summed E-state index contributed by atoms with van der Waals surface area (Å²) in [6, 6.07) is 15.7. The fourth-order valence-corrected chi connectivity index (χ4v) is 4.37. The molecule has 0 spiro atoms. The summed E-state index contributed by atoms with van der Waals surface area (Å²) >= 11 is 0. The molecule has 2 aromatic carbocycles. The van der Waals surface area contributed by atoms with Crippen LogP contribution in [-0.4, -0.2) is 35.8 Å². The number of quaternary nitrogens is 1. The van der Waals surface area contributed by atoms with Crippen molar-refractivity contribution < 1.29 is 35.0 Å². The van der Waals surface area contributed by atoms with Gasteiger partial charge in [-0.15, -0.1) is 0 Å². The first-order valence-corrected chi connectivity index (χ1v) is 9.62. The molecule has 0 aromatic heterocycles. The van der Waals surface area contributed by atoms with Gasteiger partial charge >= 0.3 is 0 Å². The third-order valence-electron chi connectivity index (χ3n) is 5.63. The van der Waals surface area contributed by atoms with E-state index in [0.717, 1.165) is 22.3 Å². The average Bonchev–Trinajstić information content (AvgIpc) is 2.58. The minimum atomic E-state index is -2.70. The van der Waals surface area contributed by atoms with Gasteiger partial charge in [0.1, 0.15) is 19.6 Å². The maximum Gasteiger partial charge on any atom is 0.295 e. The van der Waals surface area contributed by atoms with Crippen LogP contribution >= 0.6 is 0 Å². The van der Waals surface area contributed by atoms with Crippen LogP contribution in [0, 0.1) is 13.8 Å². The van der Waals surface area contributed by atoms with Gasteiger partial charge in [-0.05, 0) is 30.5 Å². The van der Waals surface area contributed by atoms with Crippen LogP contribution in [0.4, 0.5) is 8.78 Å². The summed E-state index contributed by atoms with van der Waals surface area (Å²) in [6.45, 7) is 5.02. The van der Waals surface area contributed by atoms with Crippen molar-refractivity contribution in [3.05, 3.63) is 70.8 Å². The van der Waals surface area contributed by atoms with E-state index in [0.29, 0.717) is 25.9 Å². The second-order valence-electron chi connectivity index (χ2n) is 8.07. The number of carbonyl (C=O) groups is 1. The lowest BCUT2D eigenvalue weighted by molar-refractivity contribution is -0.945. The number of piperidine rings is 1. The Bertz CT molecular complexity index is 789. The third kappa shape index (κ3) is 5.71. The van der Waals surface area contributed by atoms with Gasteiger partial charge in [-0.2, -0.15) is 0 Å². The molecule has 3 rings (SSSR count). The molecule has 0 bridgehead atoms. The summed E-state index contributed by atoms with van der Waals surface area (Å²) in [7, 11) is 0. The molecule has 1 atom stereocenters. The van der Waals surface area contributed by atoms with Crippen molar-refractivity contribution in [2.45, 2.75) is 45.6 Å². The van der Waals surface area contributed by atoms with Crippen LogP contribution in [0.1, 0.15) is 35.1 Å². The molecule has 1 fully saturated rings. The lowest BCUT2D eigenvalue weighted by atomic mass is 9.96. The molecule has 0 saturated carbocycles. The van der Waals surface area contributed by atoms with Gasteiger partial charge in [-0.25, -0.2) is 8.78 Å². The van der Waals surface area contributed by atoms with Gasteiger partial charge in [-0.1, -0.05) is 48.5 Å². The summed E-state index contributed by atoms with van der Waals surface area (Å²) in [5.74, 6) is -2.66. The number of hydrogen-bond donors (Lipinski definition) is 0. The molecule has 152 valence electrons. The number of ketones is 1. The first kappa shape index (κ1) is 22.7. The molecule has 1 saturated heterocycles. The van der Waals surface area contributed by atoms with E-state index in [1.165, 1.54) is 0 Å². The number of likely N-dealkylation sites (tertiary alicyclic amines) is 1. The minimum Gasteiger partial charge on any atom is -1.00 e. The van der Waals surface area contributed by atoms with Crippen molar-refractivity contribution in [1.29, 1.82) is 0 Å². The topological polar surface area (TPSA) is 17.1 Å². The molecule has 0 N–H and O–H groups in total. The van der Waals surface area contributed by atoms with Crippen LogP contribution in [0.3, 0.4) is 0 Å². The van der Waals surface area contributed by atoms with Crippen molar-refractivity contribution in [1.82, 2.24) is 0 Å². The molecule has 28 heavy (non-hydrogen) atoms. The van der Waals surface area contributed by atoms with Gasteiger partial charge in [-0.3, -0.25) is 4.79 Å². The fourth-order valence-electron chi connectivity index (χ4n) is 4.37. The van der Waals surface area contributed by atoms with Crippen LogP contribution in [-0.2, 0) is 17.8 Å². The van der Waals surface area contributed by atoms with E-state index >= 15 is 0 Å². The number of Topliss-reactive ketones (excluding diaryl/α,β-unsaturated/α-hetero) is 1. The second kappa shape index (κ2) is 9.27. The van der Waals surface area contributed by atoms with E-state index in [4.69, 9.17) is 0 Å². The lowest BCUT2D eigenvalue weighted by Gasteiger charge is -2.44. The summed E-state index contributed by atoms with van der Waals surface area (Å²) in [4.78, 5) is 12.9. The summed E-state index contributed by atoms with van der Waals surface area (Å²) in [6.07, 6.45) is 0.697. The van der Waals surface area contributed by atoms with E-state index in [1.54, 1.807) is 0 Å². The number of aryl methyl sites for hydroxylation is 2. The van der Waals surface area contributed by atoms with Gasteiger partial charge in [0.2, 0.25) is 0 Å². The Labute approximate surface area is 176 Å². The number of hydrogen-bond acceptors (Lipinski definition) is 1. The van der Waals surface area contributed by atoms with Crippen molar-refractivity contribution in [2.75, 3.05) is 19.6 Å². The lowest BCUT2D eigenvalue weighted by Crippen LogP contribution is -3.00. The van der Waals surface area contributed by atoms with Crippen LogP contribution in [0.2, 0.25) is 0 Å². The number of rotatable bonds is 6. The zero-order chi connectivity index (χ0) is 19.5. The molecule has 0 radical (unpaired) electrons. The Hall–Kier alpha value is -1.59. The summed E-state index contributed by atoms with van der Waals surface area (Å²) in [5, 5.41) is 0. The average molecular weight is 452 g/mol. The van der Waals surface area contributed by atoms with E-state index in [1.807, 2.05) is 62.4 Å². The van der Waals surface area contributed by atoms with E-state index < -0.39 is 5.92 Å². The SMILES string of the molecule is Cc1cccc(C)c1CC(=O)C[N+]1(Cc2ccccc2)CCCC(F)(F)C1.[Br-]. The molecular weight excluding hydrogens is 424 g/mol. The standard InChI is InChI=1S/C23H28F2NO.BrH/c1-18-8-6-9-19(2)22(18)14-21(27)16-26(13-7-12-23(24,25)17-26)15-20-10-4-3-5-11-20;/h3-6,8-11H,7,12-17H2,1-2H3;1H/q+1;/p-1. The quantitative estimate of drug-likeness (QED) is 0.612. The maximum atomic E-state index is 14.3. The van der Waals surface area contributed by atoms with Crippen molar-refractivity contribution in [3.8, 4) is 0 Å². The molecule has 1 heterocycles. The van der Waals surface area contributed by atoms with Crippen molar-refractivity contribution in [3.63, 3.8) is 0 Å². The zero-order valence-corrected chi connectivity index (χ0v) is 18.1. The number of halogens is 3.